The Labute approximate surface area is 206 Å². The van der Waals surface area contributed by atoms with Crippen molar-refractivity contribution in [2.45, 2.75) is 31.7 Å². The Bertz CT molecular complexity index is 1070. The molecule has 1 heterocycles. The average Bonchev–Trinajstić information content (AvgIpc) is 3.42. The van der Waals surface area contributed by atoms with E-state index in [4.69, 9.17) is 14.2 Å². The van der Waals surface area contributed by atoms with Crippen LogP contribution >= 0.6 is 0 Å². The van der Waals surface area contributed by atoms with E-state index in [0.717, 1.165) is 55.1 Å². The second kappa shape index (κ2) is 10.7. The van der Waals surface area contributed by atoms with Gasteiger partial charge in [-0.2, -0.15) is 0 Å². The van der Waals surface area contributed by atoms with Crippen LogP contribution in [0.4, 0.5) is 4.39 Å². The number of phenols is 1. The maximum absolute atomic E-state index is 13.1. The molecule has 0 bridgehead atoms. The smallest absolute Gasteiger partial charge is 0.123 e. The number of aromatic hydroxyl groups is 1. The van der Waals surface area contributed by atoms with Gasteiger partial charge >= 0.3 is 0 Å². The fourth-order valence-electron chi connectivity index (χ4n) is 5.38. The molecule has 2 unspecified atom stereocenters. The third-order valence-electron chi connectivity index (χ3n) is 7.20. The van der Waals surface area contributed by atoms with Crippen LogP contribution in [0.5, 0.6) is 17.2 Å². The predicted octanol–water partition coefficient (Wildman–Crippen LogP) is 5.59. The van der Waals surface area contributed by atoms with E-state index in [0.29, 0.717) is 18.4 Å². The average molecular weight is 478 g/mol. The minimum Gasteiger partial charge on any atom is -0.508 e. The van der Waals surface area contributed by atoms with Crippen LogP contribution in [0.3, 0.4) is 0 Å². The third-order valence-corrected chi connectivity index (χ3v) is 7.20. The lowest BCUT2D eigenvalue weighted by Crippen LogP contribution is -2.29. The molecule has 1 saturated heterocycles. The second-order valence-electron chi connectivity index (χ2n) is 9.65. The van der Waals surface area contributed by atoms with Crippen LogP contribution < -0.4 is 9.47 Å². The molecule has 3 aromatic rings. The molecule has 1 aliphatic heterocycles. The van der Waals surface area contributed by atoms with Gasteiger partial charge in [-0.15, -0.1) is 0 Å². The van der Waals surface area contributed by atoms with Gasteiger partial charge in [-0.3, -0.25) is 4.90 Å². The summed E-state index contributed by atoms with van der Waals surface area (Å²) < 4.78 is 31.0. The number of hydrogen-bond donors (Lipinski definition) is 1. The fraction of sp³-hybridized carbons (Fsp3) is 0.379. The maximum atomic E-state index is 13.1. The van der Waals surface area contributed by atoms with Gasteiger partial charge in [0.15, 0.2) is 0 Å². The standard InChI is InChI=1S/C29H32FNO4/c1-33-29(21-4-10-26(11-5-21)34-19-20-2-8-25(32)9-3-20)18-31-16-22-14-28(15-23(22)17-31)35-27-12-6-24(30)7-13-27/h2-13,22-23,28-29,32H,14-19H2,1H3/t22-,23+,28?,29?. The van der Waals surface area contributed by atoms with Crippen molar-refractivity contribution in [1.29, 1.82) is 0 Å². The lowest BCUT2D eigenvalue weighted by atomic mass is 10.0. The summed E-state index contributed by atoms with van der Waals surface area (Å²) in [5.41, 5.74) is 2.14. The number of ether oxygens (including phenoxy) is 3. The Morgan fingerprint density at radius 1 is 0.886 bits per heavy atom. The van der Waals surface area contributed by atoms with E-state index in [9.17, 15) is 9.50 Å². The molecule has 1 saturated carbocycles. The van der Waals surface area contributed by atoms with Crippen LogP contribution in [0.1, 0.15) is 30.1 Å². The summed E-state index contributed by atoms with van der Waals surface area (Å²) in [6, 6.07) is 21.5. The molecule has 4 atom stereocenters. The quantitative estimate of drug-likeness (QED) is 0.436. The number of benzene rings is 3. The molecule has 1 aliphatic carbocycles. The van der Waals surface area contributed by atoms with Gasteiger partial charge in [0.1, 0.15) is 29.7 Å². The summed E-state index contributed by atoms with van der Waals surface area (Å²) in [4.78, 5) is 2.51. The van der Waals surface area contributed by atoms with Gasteiger partial charge in [-0.05, 0) is 84.3 Å². The summed E-state index contributed by atoms with van der Waals surface area (Å²) in [6.45, 7) is 3.43. The summed E-state index contributed by atoms with van der Waals surface area (Å²) in [5, 5.41) is 9.40. The van der Waals surface area contributed by atoms with Crippen molar-refractivity contribution >= 4 is 0 Å². The first-order valence-corrected chi connectivity index (χ1v) is 12.2. The predicted molar refractivity (Wildman–Crippen MR) is 132 cm³/mol. The van der Waals surface area contributed by atoms with Crippen molar-refractivity contribution in [3.63, 3.8) is 0 Å². The molecule has 184 valence electrons. The number of likely N-dealkylation sites (tertiary alicyclic amines) is 1. The zero-order chi connectivity index (χ0) is 24.2. The highest BCUT2D eigenvalue weighted by Crippen LogP contribution is 2.40. The normalized spacial score (nSPS) is 22.6. The molecular weight excluding hydrogens is 445 g/mol. The molecule has 1 N–H and O–H groups in total. The Kier molecular flexibility index (Phi) is 7.21. The fourth-order valence-corrected chi connectivity index (χ4v) is 5.38. The highest BCUT2D eigenvalue weighted by Gasteiger charge is 2.42. The van der Waals surface area contributed by atoms with Gasteiger partial charge in [0, 0.05) is 26.7 Å². The van der Waals surface area contributed by atoms with Gasteiger partial charge in [-0.25, -0.2) is 4.39 Å². The van der Waals surface area contributed by atoms with Crippen LogP contribution in [-0.2, 0) is 11.3 Å². The van der Waals surface area contributed by atoms with Gasteiger partial charge in [0.05, 0.1) is 12.2 Å². The third kappa shape index (κ3) is 5.95. The minimum absolute atomic E-state index is 0.00578. The maximum Gasteiger partial charge on any atom is 0.123 e. The van der Waals surface area contributed by atoms with Crippen LogP contribution in [0.15, 0.2) is 72.8 Å². The van der Waals surface area contributed by atoms with Crippen molar-refractivity contribution in [3.8, 4) is 17.2 Å². The molecular formula is C29H32FNO4. The molecule has 5 nitrogen and oxygen atoms in total. The largest absolute Gasteiger partial charge is 0.508 e. The highest BCUT2D eigenvalue weighted by atomic mass is 19.1. The monoisotopic (exact) mass is 477 g/mol. The molecule has 0 aromatic heterocycles. The Balaban J connectivity index is 1.10. The first-order valence-electron chi connectivity index (χ1n) is 12.2. The number of halogens is 1. The Hall–Kier alpha value is -3.09. The Morgan fingerprint density at radius 3 is 2.14 bits per heavy atom. The van der Waals surface area contributed by atoms with E-state index in [1.54, 1.807) is 31.4 Å². The van der Waals surface area contributed by atoms with Crippen LogP contribution in [0.25, 0.3) is 0 Å². The van der Waals surface area contributed by atoms with E-state index < -0.39 is 0 Å². The van der Waals surface area contributed by atoms with E-state index >= 15 is 0 Å². The number of rotatable bonds is 9. The zero-order valence-electron chi connectivity index (χ0n) is 20.0. The van der Waals surface area contributed by atoms with Gasteiger partial charge in [0.2, 0.25) is 0 Å². The molecule has 5 rings (SSSR count). The Morgan fingerprint density at radius 2 is 1.51 bits per heavy atom. The van der Waals surface area contributed by atoms with E-state index in [2.05, 4.69) is 17.0 Å². The van der Waals surface area contributed by atoms with Gasteiger partial charge in [0.25, 0.3) is 0 Å². The van der Waals surface area contributed by atoms with Crippen LogP contribution in [0, 0.1) is 17.7 Å². The molecule has 0 radical (unpaired) electrons. The van der Waals surface area contributed by atoms with Crippen LogP contribution in [-0.4, -0.2) is 42.9 Å². The first-order chi connectivity index (χ1) is 17.1. The molecule has 2 aliphatic rings. The number of nitrogens with zero attached hydrogens (tertiary/aromatic N) is 1. The van der Waals surface area contributed by atoms with E-state index in [1.165, 1.54) is 12.1 Å². The zero-order valence-corrected chi connectivity index (χ0v) is 20.0. The van der Waals surface area contributed by atoms with Crippen LogP contribution in [0.2, 0.25) is 0 Å². The van der Waals surface area contributed by atoms with E-state index in [-0.39, 0.29) is 23.8 Å². The topological polar surface area (TPSA) is 51.2 Å². The molecule has 0 spiro atoms. The highest BCUT2D eigenvalue weighted by molar-refractivity contribution is 5.30. The van der Waals surface area contributed by atoms with Gasteiger partial charge < -0.3 is 19.3 Å². The van der Waals surface area contributed by atoms with Gasteiger partial charge in [-0.1, -0.05) is 24.3 Å². The summed E-state index contributed by atoms with van der Waals surface area (Å²) in [7, 11) is 1.77. The lowest BCUT2D eigenvalue weighted by molar-refractivity contribution is 0.0667. The molecule has 6 heteroatoms. The second-order valence-corrected chi connectivity index (χ2v) is 9.65. The minimum atomic E-state index is -0.236. The summed E-state index contributed by atoms with van der Waals surface area (Å²) in [6.07, 6.45) is 2.31. The number of fused-ring (bicyclic) bond motifs is 1. The molecule has 3 aromatic carbocycles. The van der Waals surface area contributed by atoms with E-state index in [1.807, 2.05) is 24.3 Å². The number of phenolic OH excluding ortho intramolecular Hbond substituents is 1. The summed E-state index contributed by atoms with van der Waals surface area (Å²) >= 11 is 0. The van der Waals surface area contributed by atoms with Crippen molar-refractivity contribution in [1.82, 2.24) is 4.90 Å². The lowest BCUT2D eigenvalue weighted by Gasteiger charge is -2.25. The van der Waals surface area contributed by atoms with Crippen molar-refractivity contribution in [3.05, 3.63) is 89.7 Å². The number of hydrogen-bond acceptors (Lipinski definition) is 5. The van der Waals surface area contributed by atoms with Crippen molar-refractivity contribution < 1.29 is 23.7 Å². The number of methoxy groups -OCH3 is 1. The first kappa shape index (κ1) is 23.6. The summed E-state index contributed by atoms with van der Waals surface area (Å²) in [5.74, 6) is 2.84. The molecule has 35 heavy (non-hydrogen) atoms. The molecule has 2 fully saturated rings. The van der Waals surface area contributed by atoms with Crippen molar-refractivity contribution in [2.75, 3.05) is 26.7 Å². The molecule has 0 amide bonds. The van der Waals surface area contributed by atoms with Crippen molar-refractivity contribution in [2.24, 2.45) is 11.8 Å². The SMILES string of the molecule is COC(CN1C[C@H]2CC(Oc3ccc(F)cc3)C[C@H]2C1)c1ccc(OCc2ccc(O)cc2)cc1.